The first-order chi connectivity index (χ1) is 4.74. The summed E-state index contributed by atoms with van der Waals surface area (Å²) < 4.78 is 0.881. The van der Waals surface area contributed by atoms with Crippen LogP contribution in [0.5, 0.6) is 0 Å². The van der Waals surface area contributed by atoms with Crippen molar-refractivity contribution in [3.63, 3.8) is 0 Å². The van der Waals surface area contributed by atoms with Gasteiger partial charge in [0.2, 0.25) is 0 Å². The summed E-state index contributed by atoms with van der Waals surface area (Å²) in [6.45, 7) is 3.74. The second kappa shape index (κ2) is 2.85. The molecule has 0 bridgehead atoms. The lowest BCUT2D eigenvalue weighted by Gasteiger charge is -1.94. The van der Waals surface area contributed by atoms with Crippen molar-refractivity contribution in [2.45, 2.75) is 0 Å². The molecule has 0 spiro atoms. The molecule has 0 heterocycles. The molecule has 49 valence electrons. The van der Waals surface area contributed by atoms with Gasteiger partial charge in [-0.2, -0.15) is 5.26 Å². The average Bonchev–Trinajstić information content (AvgIpc) is 1.95. The van der Waals surface area contributed by atoms with E-state index in [2.05, 4.69) is 22.9 Å². The lowest BCUT2D eigenvalue weighted by molar-refractivity contribution is 1.46. The maximum Gasteiger partial charge on any atom is 0.0992 e. The van der Waals surface area contributed by atoms with Gasteiger partial charge in [-0.25, -0.2) is 0 Å². The Morgan fingerprint density at radius 2 is 2.20 bits per heavy atom. The van der Waals surface area contributed by atoms with E-state index < -0.39 is 0 Å². The molecular weight excluding hydrogens is 190 g/mol. The molecule has 0 N–H and O–H groups in total. The van der Waals surface area contributed by atoms with Crippen LogP contribution in [0.2, 0.25) is 0 Å². The molecule has 0 atom stereocenters. The van der Waals surface area contributed by atoms with Crippen molar-refractivity contribution in [1.82, 2.24) is 0 Å². The van der Waals surface area contributed by atoms with Crippen LogP contribution in [0.25, 0.3) is 0 Å². The molecular formula is C8H5BrN. The van der Waals surface area contributed by atoms with Crippen LogP contribution in [-0.4, -0.2) is 0 Å². The van der Waals surface area contributed by atoms with E-state index in [1.807, 2.05) is 12.1 Å². The van der Waals surface area contributed by atoms with Crippen LogP contribution in [0.1, 0.15) is 11.1 Å². The summed E-state index contributed by atoms with van der Waals surface area (Å²) >= 11 is 3.27. The standard InChI is InChI=1S/C8H5BrN/c1-6-2-3-7(5-10)4-8(6)9/h2-4H,1H2. The zero-order valence-electron chi connectivity index (χ0n) is 5.26. The summed E-state index contributed by atoms with van der Waals surface area (Å²) in [6.07, 6.45) is 0. The number of hydrogen-bond donors (Lipinski definition) is 0. The van der Waals surface area contributed by atoms with E-state index in [1.165, 1.54) is 0 Å². The van der Waals surface area contributed by atoms with Crippen LogP contribution in [0.15, 0.2) is 22.7 Å². The first-order valence-electron chi connectivity index (χ1n) is 2.75. The van der Waals surface area contributed by atoms with Crippen LogP contribution in [0, 0.1) is 18.3 Å². The Labute approximate surface area is 68.4 Å². The first-order valence-corrected chi connectivity index (χ1v) is 3.55. The van der Waals surface area contributed by atoms with Gasteiger partial charge in [-0.1, -0.05) is 22.0 Å². The third-order valence-electron chi connectivity index (χ3n) is 1.18. The molecule has 0 unspecified atom stereocenters. The number of nitrogens with zero attached hydrogens (tertiary/aromatic N) is 1. The van der Waals surface area contributed by atoms with Gasteiger partial charge in [-0.3, -0.25) is 0 Å². The number of nitriles is 1. The van der Waals surface area contributed by atoms with Gasteiger partial charge in [0.05, 0.1) is 11.6 Å². The fraction of sp³-hybridized carbons (Fsp3) is 0. The van der Waals surface area contributed by atoms with E-state index in [9.17, 15) is 0 Å². The third-order valence-corrected chi connectivity index (χ3v) is 1.92. The Morgan fingerprint density at radius 1 is 1.50 bits per heavy atom. The fourth-order valence-electron chi connectivity index (χ4n) is 0.617. The Hall–Kier alpha value is -0.810. The summed E-state index contributed by atoms with van der Waals surface area (Å²) in [5, 5.41) is 8.46. The number of rotatable bonds is 0. The monoisotopic (exact) mass is 194 g/mol. The van der Waals surface area contributed by atoms with E-state index in [1.54, 1.807) is 12.1 Å². The summed E-state index contributed by atoms with van der Waals surface area (Å²) in [4.78, 5) is 0. The van der Waals surface area contributed by atoms with Gasteiger partial charge in [0.15, 0.2) is 0 Å². The minimum absolute atomic E-state index is 0.652. The highest BCUT2D eigenvalue weighted by Gasteiger charge is 1.94. The number of halogens is 1. The average molecular weight is 195 g/mol. The normalized spacial score (nSPS) is 8.90. The minimum atomic E-state index is 0.652. The van der Waals surface area contributed by atoms with Crippen LogP contribution in [0.3, 0.4) is 0 Å². The quantitative estimate of drug-likeness (QED) is 0.623. The molecule has 0 saturated carbocycles. The molecule has 0 fully saturated rings. The predicted molar refractivity (Wildman–Crippen MR) is 43.3 cm³/mol. The molecule has 0 amide bonds. The van der Waals surface area contributed by atoms with Gasteiger partial charge in [0, 0.05) is 4.47 Å². The van der Waals surface area contributed by atoms with Gasteiger partial charge < -0.3 is 0 Å². The van der Waals surface area contributed by atoms with Gasteiger partial charge >= 0.3 is 0 Å². The van der Waals surface area contributed by atoms with E-state index in [0.717, 1.165) is 10.0 Å². The van der Waals surface area contributed by atoms with Crippen LogP contribution in [0.4, 0.5) is 0 Å². The van der Waals surface area contributed by atoms with Crippen molar-refractivity contribution < 1.29 is 0 Å². The summed E-state index contributed by atoms with van der Waals surface area (Å²) in [5.41, 5.74) is 1.55. The molecule has 1 nitrogen and oxygen atoms in total. The maximum absolute atomic E-state index is 8.46. The molecule has 2 heteroatoms. The molecule has 1 radical (unpaired) electrons. The largest absolute Gasteiger partial charge is 0.192 e. The summed E-state index contributed by atoms with van der Waals surface area (Å²) in [6, 6.07) is 7.34. The predicted octanol–water partition coefficient (Wildman–Crippen LogP) is 2.50. The number of benzene rings is 1. The van der Waals surface area contributed by atoms with Crippen molar-refractivity contribution in [3.8, 4) is 6.07 Å². The van der Waals surface area contributed by atoms with Crippen LogP contribution in [-0.2, 0) is 0 Å². The van der Waals surface area contributed by atoms with Crippen molar-refractivity contribution in [1.29, 1.82) is 5.26 Å². The zero-order chi connectivity index (χ0) is 7.56. The van der Waals surface area contributed by atoms with Crippen molar-refractivity contribution in [2.75, 3.05) is 0 Å². The zero-order valence-corrected chi connectivity index (χ0v) is 6.85. The topological polar surface area (TPSA) is 23.8 Å². The smallest absolute Gasteiger partial charge is 0.0992 e. The first kappa shape index (κ1) is 7.30. The molecule has 0 aliphatic carbocycles. The SMILES string of the molecule is [CH2]c1ccc(C#N)cc1Br. The Balaban J connectivity index is 3.20. The van der Waals surface area contributed by atoms with Crippen molar-refractivity contribution in [3.05, 3.63) is 40.7 Å². The Bertz CT molecular complexity index is 286. The summed E-state index contributed by atoms with van der Waals surface area (Å²) in [7, 11) is 0. The van der Waals surface area contributed by atoms with E-state index >= 15 is 0 Å². The van der Waals surface area contributed by atoms with Gasteiger partial charge in [0.1, 0.15) is 0 Å². The molecule has 0 saturated heterocycles. The Morgan fingerprint density at radius 3 is 2.70 bits per heavy atom. The lowest BCUT2D eigenvalue weighted by Crippen LogP contribution is -1.77. The van der Waals surface area contributed by atoms with Crippen LogP contribution >= 0.6 is 15.9 Å². The maximum atomic E-state index is 8.46. The molecule has 1 aromatic rings. The second-order valence-electron chi connectivity index (χ2n) is 1.92. The van der Waals surface area contributed by atoms with Gasteiger partial charge in [0.25, 0.3) is 0 Å². The van der Waals surface area contributed by atoms with E-state index in [4.69, 9.17) is 5.26 Å². The van der Waals surface area contributed by atoms with Crippen molar-refractivity contribution >= 4 is 15.9 Å². The second-order valence-corrected chi connectivity index (χ2v) is 2.77. The van der Waals surface area contributed by atoms with Crippen molar-refractivity contribution in [2.24, 2.45) is 0 Å². The fourth-order valence-corrected chi connectivity index (χ4v) is 0.996. The molecule has 10 heavy (non-hydrogen) atoms. The highest BCUT2D eigenvalue weighted by atomic mass is 79.9. The molecule has 1 aromatic carbocycles. The van der Waals surface area contributed by atoms with Crippen LogP contribution < -0.4 is 0 Å². The van der Waals surface area contributed by atoms with E-state index in [0.29, 0.717) is 5.56 Å². The molecule has 1 rings (SSSR count). The summed E-state index contributed by atoms with van der Waals surface area (Å²) in [5.74, 6) is 0. The van der Waals surface area contributed by atoms with Gasteiger partial charge in [-0.05, 0) is 24.6 Å². The number of hydrogen-bond acceptors (Lipinski definition) is 1. The molecule has 0 aromatic heterocycles. The molecule has 0 aliphatic rings. The highest BCUT2D eigenvalue weighted by Crippen LogP contribution is 2.16. The third kappa shape index (κ3) is 1.37. The highest BCUT2D eigenvalue weighted by molar-refractivity contribution is 9.10. The Kier molecular flexibility index (Phi) is 2.08. The van der Waals surface area contributed by atoms with E-state index in [-0.39, 0.29) is 0 Å². The molecule has 0 aliphatic heterocycles. The minimum Gasteiger partial charge on any atom is -0.192 e. The van der Waals surface area contributed by atoms with Gasteiger partial charge in [-0.15, -0.1) is 0 Å². The lowest BCUT2D eigenvalue weighted by atomic mass is 10.2.